The molecule has 0 aliphatic rings. The Balaban J connectivity index is 5.78. The molecule has 3 atom stereocenters. The fourth-order valence-corrected chi connectivity index (χ4v) is 3.93. The predicted molar refractivity (Wildman–Crippen MR) is 121 cm³/mol. The van der Waals surface area contributed by atoms with Gasteiger partial charge in [-0.05, 0) is 50.4 Å². The lowest BCUT2D eigenvalue weighted by Crippen LogP contribution is -2.54. The Bertz CT molecular complexity index is 490. The first-order chi connectivity index (χ1) is 12.6. The van der Waals surface area contributed by atoms with Crippen molar-refractivity contribution in [1.82, 2.24) is 0 Å². The minimum absolute atomic E-state index is 0.0965. The Morgan fingerprint density at radius 2 is 1.32 bits per heavy atom. The van der Waals surface area contributed by atoms with Gasteiger partial charge in [-0.25, -0.2) is 0 Å². The topological polar surface area (TPSA) is 35.5 Å². The number of Topliss-reactive ketones (excluding diaryl/α,β-unsaturated/α-hetero) is 1. The first-order valence-corrected chi connectivity index (χ1v) is 11.4. The van der Waals surface area contributed by atoms with E-state index < -0.39 is 11.0 Å². The van der Waals surface area contributed by atoms with Gasteiger partial charge in [0.25, 0.3) is 0 Å². The Labute approximate surface area is 176 Å². The Morgan fingerprint density at radius 1 is 0.786 bits per heavy atom. The number of ether oxygens (including phenoxy) is 2. The third-order valence-electron chi connectivity index (χ3n) is 8.12. The molecule has 0 radical (unpaired) electrons. The molecule has 0 aliphatic heterocycles. The summed E-state index contributed by atoms with van der Waals surface area (Å²) in [5.41, 5.74) is -1.40. The van der Waals surface area contributed by atoms with Crippen molar-refractivity contribution in [1.29, 1.82) is 0 Å². The average molecular weight is 399 g/mol. The quantitative estimate of drug-likeness (QED) is 0.310. The highest BCUT2D eigenvalue weighted by molar-refractivity contribution is 5.92. The van der Waals surface area contributed by atoms with Gasteiger partial charge < -0.3 is 9.47 Å². The molecule has 0 aliphatic carbocycles. The van der Waals surface area contributed by atoms with Crippen LogP contribution in [0.25, 0.3) is 0 Å². The zero-order chi connectivity index (χ0) is 22.4. The molecular weight excluding hydrogens is 348 g/mol. The molecule has 0 aromatic carbocycles. The molecule has 0 bridgehead atoms. The monoisotopic (exact) mass is 398 g/mol. The van der Waals surface area contributed by atoms with Crippen LogP contribution in [-0.2, 0) is 14.3 Å². The van der Waals surface area contributed by atoms with Gasteiger partial charge in [-0.15, -0.1) is 0 Å². The Kier molecular flexibility index (Phi) is 9.92. The van der Waals surface area contributed by atoms with Gasteiger partial charge in [-0.3, -0.25) is 4.79 Å². The van der Waals surface area contributed by atoms with E-state index in [2.05, 4.69) is 69.2 Å². The second-order valence-corrected chi connectivity index (χ2v) is 10.8. The van der Waals surface area contributed by atoms with Gasteiger partial charge in [0, 0.05) is 12.5 Å². The standard InChI is InChI=1S/C25H50O3/c1-13-21(5,6)19-24(10,22(7,8)14-2)20(26)25(11,16-4)28-18-17-23(9,15-3)27-12/h13-19H2,1-12H3. The van der Waals surface area contributed by atoms with Gasteiger partial charge >= 0.3 is 0 Å². The minimum Gasteiger partial charge on any atom is -0.378 e. The maximum atomic E-state index is 14.1. The summed E-state index contributed by atoms with van der Waals surface area (Å²) in [6, 6.07) is 0. The molecule has 0 saturated heterocycles. The highest BCUT2D eigenvalue weighted by Crippen LogP contribution is 2.52. The fourth-order valence-electron chi connectivity index (χ4n) is 3.93. The molecule has 168 valence electrons. The van der Waals surface area contributed by atoms with E-state index in [1.807, 2.05) is 6.92 Å². The van der Waals surface area contributed by atoms with Crippen molar-refractivity contribution in [3.05, 3.63) is 0 Å². The zero-order valence-electron chi connectivity index (χ0n) is 21.2. The van der Waals surface area contributed by atoms with Crippen molar-refractivity contribution >= 4 is 5.78 Å². The summed E-state index contributed by atoms with van der Waals surface area (Å²) < 4.78 is 12.0. The SMILES string of the molecule is CCC(C)(C)CC(C)(C(=O)C(C)(CC)OCCC(C)(CC)OC)C(C)(C)CC. The molecule has 0 fully saturated rings. The minimum atomic E-state index is -0.770. The summed E-state index contributed by atoms with van der Waals surface area (Å²) in [7, 11) is 1.75. The second kappa shape index (κ2) is 10.1. The summed E-state index contributed by atoms with van der Waals surface area (Å²) in [4.78, 5) is 14.1. The molecule has 0 aromatic heterocycles. The normalized spacial score (nSPS) is 19.6. The van der Waals surface area contributed by atoms with Gasteiger partial charge in [0.15, 0.2) is 5.78 Å². The van der Waals surface area contributed by atoms with Gasteiger partial charge in [0.2, 0.25) is 0 Å². The number of methoxy groups -OCH3 is 1. The summed E-state index contributed by atoms with van der Waals surface area (Å²) in [5.74, 6) is 0.256. The van der Waals surface area contributed by atoms with Crippen molar-refractivity contribution in [2.24, 2.45) is 16.2 Å². The molecule has 0 amide bonds. The van der Waals surface area contributed by atoms with E-state index in [1.54, 1.807) is 7.11 Å². The van der Waals surface area contributed by atoms with Crippen molar-refractivity contribution < 1.29 is 14.3 Å². The van der Waals surface area contributed by atoms with Crippen molar-refractivity contribution in [3.63, 3.8) is 0 Å². The molecule has 0 saturated carbocycles. The highest BCUT2D eigenvalue weighted by atomic mass is 16.5. The highest BCUT2D eigenvalue weighted by Gasteiger charge is 2.53. The van der Waals surface area contributed by atoms with E-state index in [1.165, 1.54) is 0 Å². The first kappa shape index (κ1) is 27.6. The van der Waals surface area contributed by atoms with Crippen LogP contribution in [0, 0.1) is 16.2 Å². The van der Waals surface area contributed by atoms with E-state index in [4.69, 9.17) is 9.47 Å². The summed E-state index contributed by atoms with van der Waals surface area (Å²) in [6.45, 7) is 24.5. The van der Waals surface area contributed by atoms with Crippen LogP contribution in [-0.4, -0.2) is 30.7 Å². The number of hydrogen-bond donors (Lipinski definition) is 0. The maximum Gasteiger partial charge on any atom is 0.170 e. The maximum absolute atomic E-state index is 14.1. The van der Waals surface area contributed by atoms with E-state index in [0.29, 0.717) is 13.0 Å². The summed E-state index contributed by atoms with van der Waals surface area (Å²) in [6.07, 6.45) is 5.30. The molecular formula is C25H50O3. The van der Waals surface area contributed by atoms with Gasteiger partial charge in [0.05, 0.1) is 12.2 Å². The van der Waals surface area contributed by atoms with Gasteiger partial charge in [0.1, 0.15) is 5.60 Å². The number of rotatable bonds is 14. The summed E-state index contributed by atoms with van der Waals surface area (Å²) in [5, 5.41) is 0. The second-order valence-electron chi connectivity index (χ2n) is 10.8. The number of carbonyl (C=O) groups is 1. The third kappa shape index (κ3) is 6.29. The largest absolute Gasteiger partial charge is 0.378 e. The molecule has 28 heavy (non-hydrogen) atoms. The van der Waals surface area contributed by atoms with Crippen LogP contribution >= 0.6 is 0 Å². The van der Waals surface area contributed by atoms with Crippen LogP contribution in [0.1, 0.15) is 115 Å². The zero-order valence-corrected chi connectivity index (χ0v) is 21.2. The molecule has 0 rings (SSSR count). The van der Waals surface area contributed by atoms with Crippen molar-refractivity contribution in [3.8, 4) is 0 Å². The predicted octanol–water partition coefficient (Wildman–Crippen LogP) is 7.21. The molecule has 3 nitrogen and oxygen atoms in total. The van der Waals surface area contributed by atoms with Crippen LogP contribution in [0.5, 0.6) is 0 Å². The first-order valence-electron chi connectivity index (χ1n) is 11.4. The number of carbonyl (C=O) groups excluding carboxylic acids is 1. The fraction of sp³-hybridized carbons (Fsp3) is 0.960. The van der Waals surface area contributed by atoms with Crippen LogP contribution in [0.2, 0.25) is 0 Å². The van der Waals surface area contributed by atoms with E-state index >= 15 is 0 Å². The van der Waals surface area contributed by atoms with E-state index in [9.17, 15) is 4.79 Å². The van der Waals surface area contributed by atoms with Crippen LogP contribution < -0.4 is 0 Å². The molecule has 3 unspecified atom stereocenters. The van der Waals surface area contributed by atoms with Crippen LogP contribution in [0.15, 0.2) is 0 Å². The van der Waals surface area contributed by atoms with Gasteiger partial charge in [-0.2, -0.15) is 0 Å². The van der Waals surface area contributed by atoms with Crippen molar-refractivity contribution in [2.45, 2.75) is 126 Å². The van der Waals surface area contributed by atoms with E-state index in [-0.39, 0.29) is 22.2 Å². The number of hydrogen-bond acceptors (Lipinski definition) is 3. The lowest BCUT2D eigenvalue weighted by Gasteiger charge is -2.50. The Hall–Kier alpha value is -0.410. The average Bonchev–Trinajstić information content (AvgIpc) is 2.66. The smallest absolute Gasteiger partial charge is 0.170 e. The molecule has 0 aromatic rings. The lowest BCUT2D eigenvalue weighted by molar-refractivity contribution is -0.165. The molecule has 0 heterocycles. The van der Waals surface area contributed by atoms with Crippen LogP contribution in [0.3, 0.4) is 0 Å². The van der Waals surface area contributed by atoms with E-state index in [0.717, 1.165) is 32.1 Å². The van der Waals surface area contributed by atoms with Crippen LogP contribution in [0.4, 0.5) is 0 Å². The third-order valence-corrected chi connectivity index (χ3v) is 8.12. The molecule has 3 heteroatoms. The molecule has 0 spiro atoms. The summed E-state index contributed by atoms with van der Waals surface area (Å²) >= 11 is 0. The number of ketones is 1. The lowest BCUT2D eigenvalue weighted by atomic mass is 9.54. The van der Waals surface area contributed by atoms with Gasteiger partial charge in [-0.1, -0.05) is 75.2 Å². The Morgan fingerprint density at radius 3 is 1.68 bits per heavy atom. The molecule has 0 N–H and O–H groups in total. The van der Waals surface area contributed by atoms with Crippen molar-refractivity contribution in [2.75, 3.05) is 13.7 Å².